The molecule has 23 heavy (non-hydrogen) atoms. The summed E-state index contributed by atoms with van der Waals surface area (Å²) in [5.41, 5.74) is 2.21. The lowest BCUT2D eigenvalue weighted by Gasteiger charge is -2.08. The monoisotopic (exact) mass is 346 g/mol. The molecular formula is C17H16Cl2N4. The van der Waals surface area contributed by atoms with Gasteiger partial charge in [-0.05, 0) is 36.2 Å². The molecule has 0 fully saturated rings. The van der Waals surface area contributed by atoms with Crippen molar-refractivity contribution in [3.05, 3.63) is 75.9 Å². The predicted octanol–water partition coefficient (Wildman–Crippen LogP) is 4.17. The number of imidazole rings is 1. The minimum Gasteiger partial charge on any atom is -0.309 e. The van der Waals surface area contributed by atoms with Crippen LogP contribution in [0.2, 0.25) is 10.0 Å². The van der Waals surface area contributed by atoms with Crippen molar-refractivity contribution >= 4 is 23.2 Å². The third-order valence-corrected chi connectivity index (χ3v) is 4.26. The molecule has 2 aromatic heterocycles. The molecule has 0 saturated carbocycles. The van der Waals surface area contributed by atoms with Crippen molar-refractivity contribution in [1.29, 1.82) is 0 Å². The molecule has 118 valence electrons. The van der Waals surface area contributed by atoms with E-state index < -0.39 is 0 Å². The third-order valence-electron chi connectivity index (χ3n) is 3.52. The Balaban J connectivity index is 1.58. The molecule has 0 unspecified atom stereocenters. The van der Waals surface area contributed by atoms with Crippen molar-refractivity contribution in [2.75, 3.05) is 0 Å². The molecule has 3 rings (SSSR count). The highest BCUT2D eigenvalue weighted by Gasteiger charge is 2.03. The van der Waals surface area contributed by atoms with Gasteiger partial charge < -0.3 is 5.32 Å². The van der Waals surface area contributed by atoms with Crippen LogP contribution >= 0.6 is 23.2 Å². The molecule has 0 spiro atoms. The first-order valence-corrected chi connectivity index (χ1v) is 7.99. The van der Waals surface area contributed by atoms with Gasteiger partial charge in [-0.3, -0.25) is 4.57 Å². The average Bonchev–Trinajstić information content (AvgIpc) is 2.98. The summed E-state index contributed by atoms with van der Waals surface area (Å²) in [5.74, 6) is 1.79. The van der Waals surface area contributed by atoms with E-state index in [0.717, 1.165) is 35.9 Å². The number of benzene rings is 1. The highest BCUT2D eigenvalue weighted by Crippen LogP contribution is 2.22. The fourth-order valence-electron chi connectivity index (χ4n) is 2.28. The standard InChI is InChI=1S/C17H16Cl2N4/c1-12-21-6-7-23(12)17-5-3-14(11-22-17)10-20-9-13-2-4-15(18)16(19)8-13/h2-8,11,20H,9-10H2,1H3. The molecule has 1 N–H and O–H groups in total. The Labute approximate surface area is 145 Å². The number of aryl methyl sites for hydroxylation is 1. The Hall–Kier alpha value is -1.88. The van der Waals surface area contributed by atoms with Crippen LogP contribution < -0.4 is 5.32 Å². The van der Waals surface area contributed by atoms with Crippen molar-refractivity contribution in [3.63, 3.8) is 0 Å². The molecule has 0 aliphatic carbocycles. The topological polar surface area (TPSA) is 42.7 Å². The van der Waals surface area contributed by atoms with E-state index in [2.05, 4.69) is 21.4 Å². The van der Waals surface area contributed by atoms with E-state index >= 15 is 0 Å². The van der Waals surface area contributed by atoms with Crippen molar-refractivity contribution in [3.8, 4) is 5.82 Å². The number of nitrogens with zero attached hydrogens (tertiary/aromatic N) is 3. The van der Waals surface area contributed by atoms with Gasteiger partial charge in [0, 0.05) is 31.7 Å². The van der Waals surface area contributed by atoms with Gasteiger partial charge in [-0.2, -0.15) is 0 Å². The zero-order chi connectivity index (χ0) is 16.2. The maximum absolute atomic E-state index is 6.01. The number of hydrogen-bond acceptors (Lipinski definition) is 3. The van der Waals surface area contributed by atoms with Crippen LogP contribution in [0.1, 0.15) is 17.0 Å². The van der Waals surface area contributed by atoms with Gasteiger partial charge in [0.1, 0.15) is 11.6 Å². The molecule has 0 amide bonds. The first-order valence-electron chi connectivity index (χ1n) is 7.23. The molecular weight excluding hydrogens is 331 g/mol. The zero-order valence-electron chi connectivity index (χ0n) is 12.6. The molecule has 3 aromatic rings. The fourth-order valence-corrected chi connectivity index (χ4v) is 2.61. The average molecular weight is 347 g/mol. The van der Waals surface area contributed by atoms with Crippen molar-refractivity contribution < 1.29 is 0 Å². The Morgan fingerprint density at radius 3 is 2.43 bits per heavy atom. The molecule has 0 aliphatic rings. The Kier molecular flexibility index (Phi) is 4.96. The second-order valence-corrected chi connectivity index (χ2v) is 6.04. The van der Waals surface area contributed by atoms with Gasteiger partial charge in [0.2, 0.25) is 0 Å². The van der Waals surface area contributed by atoms with Crippen LogP contribution in [0, 0.1) is 6.92 Å². The van der Waals surface area contributed by atoms with Gasteiger partial charge in [0.05, 0.1) is 10.0 Å². The van der Waals surface area contributed by atoms with E-state index in [9.17, 15) is 0 Å². The molecule has 0 saturated heterocycles. The third kappa shape index (κ3) is 3.91. The van der Waals surface area contributed by atoms with Gasteiger partial charge in [0.15, 0.2) is 0 Å². The second-order valence-electron chi connectivity index (χ2n) is 5.22. The van der Waals surface area contributed by atoms with Crippen LogP contribution in [0.15, 0.2) is 48.9 Å². The predicted molar refractivity (Wildman–Crippen MR) is 93.1 cm³/mol. The van der Waals surface area contributed by atoms with Crippen molar-refractivity contribution in [2.24, 2.45) is 0 Å². The number of aromatic nitrogens is 3. The van der Waals surface area contributed by atoms with Gasteiger partial charge in [-0.25, -0.2) is 9.97 Å². The summed E-state index contributed by atoms with van der Waals surface area (Å²) >= 11 is 11.9. The second kappa shape index (κ2) is 7.13. The number of rotatable bonds is 5. The minimum absolute atomic E-state index is 0.574. The molecule has 0 aliphatic heterocycles. The molecule has 4 nitrogen and oxygen atoms in total. The highest BCUT2D eigenvalue weighted by molar-refractivity contribution is 6.42. The molecule has 6 heteroatoms. The van der Waals surface area contributed by atoms with Gasteiger partial charge >= 0.3 is 0 Å². The lowest BCUT2D eigenvalue weighted by atomic mass is 10.2. The Bertz CT molecular complexity index is 797. The Morgan fingerprint density at radius 1 is 1.00 bits per heavy atom. The fraction of sp³-hybridized carbons (Fsp3) is 0.176. The Morgan fingerprint density at radius 2 is 1.78 bits per heavy atom. The van der Waals surface area contributed by atoms with Gasteiger partial charge in [-0.15, -0.1) is 0 Å². The van der Waals surface area contributed by atoms with Crippen molar-refractivity contribution in [2.45, 2.75) is 20.0 Å². The van der Waals surface area contributed by atoms with E-state index in [-0.39, 0.29) is 0 Å². The SMILES string of the molecule is Cc1nccn1-c1ccc(CNCc2ccc(Cl)c(Cl)c2)cn1. The van der Waals surface area contributed by atoms with E-state index in [4.69, 9.17) is 23.2 Å². The normalized spacial score (nSPS) is 10.9. The maximum Gasteiger partial charge on any atom is 0.137 e. The van der Waals surface area contributed by atoms with Crippen LogP contribution in [0.4, 0.5) is 0 Å². The van der Waals surface area contributed by atoms with Crippen LogP contribution in [0.25, 0.3) is 5.82 Å². The number of nitrogens with one attached hydrogen (secondary N) is 1. The summed E-state index contributed by atoms with van der Waals surface area (Å²) in [6, 6.07) is 9.70. The lowest BCUT2D eigenvalue weighted by molar-refractivity contribution is 0.691. The van der Waals surface area contributed by atoms with E-state index in [1.807, 2.05) is 48.1 Å². The van der Waals surface area contributed by atoms with Gasteiger partial charge in [0.25, 0.3) is 0 Å². The quantitative estimate of drug-likeness (QED) is 0.753. The van der Waals surface area contributed by atoms with Crippen LogP contribution in [-0.2, 0) is 13.1 Å². The summed E-state index contributed by atoms with van der Waals surface area (Å²) in [4.78, 5) is 8.68. The van der Waals surface area contributed by atoms with Gasteiger partial charge in [-0.1, -0.05) is 35.3 Å². The van der Waals surface area contributed by atoms with Crippen LogP contribution in [0.5, 0.6) is 0 Å². The van der Waals surface area contributed by atoms with E-state index in [1.165, 1.54) is 0 Å². The van der Waals surface area contributed by atoms with Crippen LogP contribution in [-0.4, -0.2) is 14.5 Å². The summed E-state index contributed by atoms with van der Waals surface area (Å²) in [7, 11) is 0. The number of halogens is 2. The molecule has 0 atom stereocenters. The number of pyridine rings is 1. The highest BCUT2D eigenvalue weighted by atomic mass is 35.5. The molecule has 1 aromatic carbocycles. The summed E-state index contributed by atoms with van der Waals surface area (Å²) in [5, 5.41) is 4.52. The molecule has 0 radical (unpaired) electrons. The minimum atomic E-state index is 0.574. The summed E-state index contributed by atoms with van der Waals surface area (Å²) in [6.45, 7) is 3.41. The lowest BCUT2D eigenvalue weighted by Crippen LogP contribution is -2.13. The molecule has 2 heterocycles. The zero-order valence-corrected chi connectivity index (χ0v) is 14.1. The molecule has 0 bridgehead atoms. The maximum atomic E-state index is 6.01. The summed E-state index contributed by atoms with van der Waals surface area (Å²) < 4.78 is 1.95. The van der Waals surface area contributed by atoms with Crippen molar-refractivity contribution in [1.82, 2.24) is 19.9 Å². The first-order chi connectivity index (χ1) is 11.1. The van der Waals surface area contributed by atoms with E-state index in [1.54, 1.807) is 6.20 Å². The largest absolute Gasteiger partial charge is 0.309 e. The van der Waals surface area contributed by atoms with Crippen LogP contribution in [0.3, 0.4) is 0 Å². The number of hydrogen-bond donors (Lipinski definition) is 1. The first kappa shape index (κ1) is 16.0. The smallest absolute Gasteiger partial charge is 0.137 e. The summed E-state index contributed by atoms with van der Waals surface area (Å²) in [6.07, 6.45) is 5.54. The van der Waals surface area contributed by atoms with E-state index in [0.29, 0.717) is 10.0 Å².